The molecule has 0 aliphatic heterocycles. The van der Waals surface area contributed by atoms with Crippen LogP contribution in [0.15, 0.2) is 11.4 Å². The molecule has 0 radical (unpaired) electrons. The van der Waals surface area contributed by atoms with E-state index < -0.39 is 0 Å². The van der Waals surface area contributed by atoms with Crippen LogP contribution in [0.4, 0.5) is 0 Å². The molecule has 90 valence electrons. The van der Waals surface area contributed by atoms with Gasteiger partial charge < -0.3 is 10.6 Å². The van der Waals surface area contributed by atoms with E-state index in [0.717, 1.165) is 17.7 Å². The topological polar surface area (TPSA) is 64.9 Å². The van der Waals surface area contributed by atoms with Gasteiger partial charge in [0.25, 0.3) is 0 Å². The van der Waals surface area contributed by atoms with E-state index in [1.165, 1.54) is 11.3 Å². The van der Waals surface area contributed by atoms with E-state index in [1.54, 1.807) is 0 Å². The van der Waals surface area contributed by atoms with E-state index in [-0.39, 0.29) is 11.9 Å². The largest absolute Gasteiger partial charge is 0.352 e. The zero-order chi connectivity index (χ0) is 12.3. The predicted octanol–water partition coefficient (Wildman–Crippen LogP) is 1.38. The average molecular weight is 249 g/mol. The molecule has 5 heteroatoms. The van der Waals surface area contributed by atoms with Gasteiger partial charge in [0.15, 0.2) is 0 Å². The number of hydrogen-bond donors (Lipinski definition) is 2. The third-order valence-corrected chi connectivity index (χ3v) is 3.62. The maximum Gasteiger partial charge on any atom is 0.237 e. The molecule has 1 saturated carbocycles. The number of nitriles is 1. The molecule has 0 spiro atoms. The Kier molecular flexibility index (Phi) is 3.77. The fraction of sp³-hybridized carbons (Fsp3) is 0.500. The van der Waals surface area contributed by atoms with Crippen LogP contribution in [0.1, 0.15) is 30.2 Å². The fourth-order valence-corrected chi connectivity index (χ4v) is 2.19. The molecule has 2 N–H and O–H groups in total. The van der Waals surface area contributed by atoms with Gasteiger partial charge in [0.1, 0.15) is 6.07 Å². The average Bonchev–Trinajstić information content (AvgIpc) is 3.02. The van der Waals surface area contributed by atoms with Crippen molar-refractivity contribution in [1.29, 1.82) is 5.26 Å². The smallest absolute Gasteiger partial charge is 0.237 e. The van der Waals surface area contributed by atoms with E-state index in [9.17, 15) is 4.79 Å². The van der Waals surface area contributed by atoms with Crippen LogP contribution in [0.2, 0.25) is 0 Å². The summed E-state index contributed by atoms with van der Waals surface area (Å²) in [6.45, 7) is 2.49. The van der Waals surface area contributed by atoms with Crippen LogP contribution in [0.25, 0.3) is 0 Å². The van der Waals surface area contributed by atoms with Gasteiger partial charge in [-0.15, -0.1) is 11.3 Å². The van der Waals surface area contributed by atoms with Crippen molar-refractivity contribution < 1.29 is 4.79 Å². The molecule has 1 heterocycles. The number of carbonyl (C=O) groups excluding carboxylic acids is 1. The van der Waals surface area contributed by atoms with Gasteiger partial charge in [0.2, 0.25) is 5.91 Å². The summed E-state index contributed by atoms with van der Waals surface area (Å²) in [5.74, 6) is 0.0598. The van der Waals surface area contributed by atoms with Crippen molar-refractivity contribution in [3.8, 4) is 6.07 Å². The summed E-state index contributed by atoms with van der Waals surface area (Å²) in [6.07, 6.45) is 2.21. The third-order valence-electron chi connectivity index (χ3n) is 2.68. The normalized spacial score (nSPS) is 16.2. The second-order valence-electron chi connectivity index (χ2n) is 4.30. The molecular formula is C12H15N3OS. The van der Waals surface area contributed by atoms with Gasteiger partial charge in [0, 0.05) is 22.8 Å². The summed E-state index contributed by atoms with van der Waals surface area (Å²) in [6, 6.07) is 4.16. The molecule has 1 aliphatic carbocycles. The van der Waals surface area contributed by atoms with E-state index >= 15 is 0 Å². The molecule has 0 aromatic carbocycles. The Morgan fingerprint density at radius 1 is 1.71 bits per heavy atom. The Balaban J connectivity index is 1.76. The van der Waals surface area contributed by atoms with Crippen LogP contribution in [0, 0.1) is 11.3 Å². The molecule has 1 fully saturated rings. The Hall–Kier alpha value is -1.38. The number of carbonyl (C=O) groups is 1. The maximum atomic E-state index is 11.7. The van der Waals surface area contributed by atoms with Crippen LogP contribution in [0.3, 0.4) is 0 Å². The lowest BCUT2D eigenvalue weighted by molar-refractivity contribution is -0.122. The highest BCUT2D eigenvalue weighted by atomic mass is 32.1. The van der Waals surface area contributed by atoms with Gasteiger partial charge in [-0.3, -0.25) is 4.79 Å². The minimum Gasteiger partial charge on any atom is -0.352 e. The molecule has 17 heavy (non-hydrogen) atoms. The molecule has 1 amide bonds. The summed E-state index contributed by atoms with van der Waals surface area (Å²) < 4.78 is 0. The van der Waals surface area contributed by atoms with Gasteiger partial charge in [-0.2, -0.15) is 5.26 Å². The number of nitrogens with one attached hydrogen (secondary N) is 2. The molecule has 1 aromatic rings. The summed E-state index contributed by atoms with van der Waals surface area (Å²) in [4.78, 5) is 12.7. The fourth-order valence-electron chi connectivity index (χ4n) is 1.43. The van der Waals surface area contributed by atoms with E-state index in [4.69, 9.17) is 5.26 Å². The monoisotopic (exact) mass is 249 g/mol. The maximum absolute atomic E-state index is 11.7. The first kappa shape index (κ1) is 12.1. The van der Waals surface area contributed by atoms with Crippen LogP contribution >= 0.6 is 11.3 Å². The lowest BCUT2D eigenvalue weighted by Gasteiger charge is -2.12. The lowest BCUT2D eigenvalue weighted by Crippen LogP contribution is -2.42. The quantitative estimate of drug-likeness (QED) is 0.828. The molecule has 0 saturated heterocycles. The van der Waals surface area contributed by atoms with Gasteiger partial charge >= 0.3 is 0 Å². The second-order valence-corrected chi connectivity index (χ2v) is 5.29. The Morgan fingerprint density at radius 2 is 2.47 bits per heavy atom. The van der Waals surface area contributed by atoms with Crippen molar-refractivity contribution in [2.75, 3.05) is 0 Å². The number of thiophene rings is 1. The van der Waals surface area contributed by atoms with Gasteiger partial charge in [0.05, 0.1) is 11.6 Å². The zero-order valence-electron chi connectivity index (χ0n) is 9.69. The number of hydrogen-bond acceptors (Lipinski definition) is 4. The summed E-state index contributed by atoms with van der Waals surface area (Å²) in [5.41, 5.74) is 0.682. The zero-order valence-corrected chi connectivity index (χ0v) is 10.5. The first-order valence-electron chi connectivity index (χ1n) is 5.70. The minimum atomic E-state index is -0.191. The standard InChI is InChI=1S/C12H15N3OS/c1-8(12(16)15-10-2-3-10)14-6-11-4-9(5-13)7-17-11/h4,7-8,10,14H,2-3,6H2,1H3,(H,15,16). The van der Waals surface area contributed by atoms with Crippen LogP contribution in [0.5, 0.6) is 0 Å². The number of rotatable bonds is 5. The van der Waals surface area contributed by atoms with E-state index in [0.29, 0.717) is 18.2 Å². The van der Waals surface area contributed by atoms with Gasteiger partial charge in [-0.05, 0) is 25.8 Å². The molecule has 1 unspecified atom stereocenters. The third kappa shape index (κ3) is 3.55. The SMILES string of the molecule is CC(NCc1cc(C#N)cs1)C(=O)NC1CC1. The number of amides is 1. The lowest BCUT2D eigenvalue weighted by atomic mass is 10.3. The Labute approximate surface area is 105 Å². The van der Waals surface area contributed by atoms with Crippen molar-refractivity contribution in [3.05, 3.63) is 21.9 Å². The molecule has 4 nitrogen and oxygen atoms in total. The highest BCUT2D eigenvalue weighted by Gasteiger charge is 2.25. The van der Waals surface area contributed by atoms with Crippen LogP contribution < -0.4 is 10.6 Å². The van der Waals surface area contributed by atoms with Crippen LogP contribution in [-0.4, -0.2) is 18.0 Å². The summed E-state index contributed by atoms with van der Waals surface area (Å²) in [7, 11) is 0. The molecule has 2 rings (SSSR count). The van der Waals surface area contributed by atoms with Crippen molar-refractivity contribution >= 4 is 17.2 Å². The van der Waals surface area contributed by atoms with Crippen molar-refractivity contribution in [2.24, 2.45) is 0 Å². The molecule has 1 atom stereocenters. The van der Waals surface area contributed by atoms with E-state index in [1.807, 2.05) is 18.4 Å². The number of nitrogens with zero attached hydrogens (tertiary/aromatic N) is 1. The summed E-state index contributed by atoms with van der Waals surface area (Å²) >= 11 is 1.54. The minimum absolute atomic E-state index is 0.0598. The van der Waals surface area contributed by atoms with Gasteiger partial charge in [-0.25, -0.2) is 0 Å². The predicted molar refractivity (Wildman–Crippen MR) is 66.5 cm³/mol. The molecular weight excluding hydrogens is 234 g/mol. The molecule has 1 aliphatic rings. The Morgan fingerprint density at radius 3 is 3.06 bits per heavy atom. The van der Waals surface area contributed by atoms with Crippen molar-refractivity contribution in [2.45, 2.75) is 38.4 Å². The van der Waals surface area contributed by atoms with E-state index in [2.05, 4.69) is 16.7 Å². The second kappa shape index (κ2) is 5.30. The first-order valence-corrected chi connectivity index (χ1v) is 6.58. The van der Waals surface area contributed by atoms with Gasteiger partial charge in [-0.1, -0.05) is 0 Å². The molecule has 1 aromatic heterocycles. The Bertz CT molecular complexity index is 445. The highest BCUT2D eigenvalue weighted by Crippen LogP contribution is 2.18. The highest BCUT2D eigenvalue weighted by molar-refractivity contribution is 7.10. The molecule has 0 bridgehead atoms. The summed E-state index contributed by atoms with van der Waals surface area (Å²) in [5, 5.41) is 16.6. The van der Waals surface area contributed by atoms with Crippen molar-refractivity contribution in [1.82, 2.24) is 10.6 Å². The van der Waals surface area contributed by atoms with Crippen LogP contribution in [-0.2, 0) is 11.3 Å². The first-order chi connectivity index (χ1) is 8.19. The van der Waals surface area contributed by atoms with Crippen molar-refractivity contribution in [3.63, 3.8) is 0 Å².